The summed E-state index contributed by atoms with van der Waals surface area (Å²) in [6, 6.07) is 8.36. The number of hydrogen-bond acceptors (Lipinski definition) is 4. The van der Waals surface area contributed by atoms with Gasteiger partial charge in [0.05, 0.1) is 11.0 Å². The number of benzene rings is 1. The molecular weight excluding hydrogens is 354 g/mol. The fourth-order valence-electron chi connectivity index (χ4n) is 3.58. The fraction of sp³-hybridized carbons (Fsp3) is 0.611. The van der Waals surface area contributed by atoms with E-state index in [0.29, 0.717) is 37.6 Å². The number of sulfonamides is 1. The van der Waals surface area contributed by atoms with Crippen LogP contribution in [0.4, 0.5) is 4.79 Å². The molecular formula is C18H27N3O4S. The van der Waals surface area contributed by atoms with Crippen molar-refractivity contribution >= 4 is 16.1 Å². The SMILES string of the molecule is O=C(NCC1CCN(S(=O)(=O)c2ccccc2)CC1)N1CCCC(O)C1. The molecule has 2 aliphatic heterocycles. The Balaban J connectivity index is 1.46. The predicted octanol–water partition coefficient (Wildman–Crippen LogP) is 1.25. The van der Waals surface area contributed by atoms with E-state index in [9.17, 15) is 18.3 Å². The third kappa shape index (κ3) is 4.55. The first-order valence-electron chi connectivity index (χ1n) is 9.23. The Labute approximate surface area is 155 Å². The number of aliphatic hydroxyl groups excluding tert-OH is 1. The second kappa shape index (κ2) is 8.37. The van der Waals surface area contributed by atoms with Gasteiger partial charge in [0.1, 0.15) is 0 Å². The summed E-state index contributed by atoms with van der Waals surface area (Å²) >= 11 is 0. The molecule has 2 N–H and O–H groups in total. The molecule has 0 bridgehead atoms. The molecule has 1 aromatic rings. The number of piperidine rings is 2. The van der Waals surface area contributed by atoms with E-state index in [1.807, 2.05) is 0 Å². The van der Waals surface area contributed by atoms with Crippen molar-refractivity contribution in [2.24, 2.45) is 5.92 Å². The molecule has 2 heterocycles. The summed E-state index contributed by atoms with van der Waals surface area (Å²) in [5.41, 5.74) is 0. The summed E-state index contributed by atoms with van der Waals surface area (Å²) in [5.74, 6) is 0.274. The van der Waals surface area contributed by atoms with Crippen LogP contribution >= 0.6 is 0 Å². The van der Waals surface area contributed by atoms with E-state index in [2.05, 4.69) is 5.32 Å². The van der Waals surface area contributed by atoms with E-state index in [1.165, 1.54) is 4.31 Å². The monoisotopic (exact) mass is 381 g/mol. The third-order valence-electron chi connectivity index (χ3n) is 5.18. The molecule has 1 unspecified atom stereocenters. The van der Waals surface area contributed by atoms with Crippen molar-refractivity contribution in [1.82, 2.24) is 14.5 Å². The standard InChI is InChI=1S/C18H27N3O4S/c22-16-5-4-10-20(14-16)18(23)19-13-15-8-11-21(12-9-15)26(24,25)17-6-2-1-3-7-17/h1-3,6-7,15-16,22H,4-5,8-14H2,(H,19,23). The molecule has 2 saturated heterocycles. The minimum atomic E-state index is -3.43. The average Bonchev–Trinajstić information content (AvgIpc) is 2.67. The maximum atomic E-state index is 12.6. The van der Waals surface area contributed by atoms with Crippen LogP contribution in [0.15, 0.2) is 35.2 Å². The third-order valence-corrected chi connectivity index (χ3v) is 7.09. The number of β-amino-alcohol motifs (C(OH)–C–C–N with tert-alkyl or cyclic N) is 1. The Kier molecular flexibility index (Phi) is 6.16. The highest BCUT2D eigenvalue weighted by atomic mass is 32.2. The Morgan fingerprint density at radius 1 is 1.12 bits per heavy atom. The molecule has 0 spiro atoms. The predicted molar refractivity (Wildman–Crippen MR) is 98.1 cm³/mol. The number of nitrogens with one attached hydrogen (secondary N) is 1. The van der Waals surface area contributed by atoms with Gasteiger partial charge in [-0.05, 0) is 43.7 Å². The molecule has 0 saturated carbocycles. The maximum Gasteiger partial charge on any atom is 0.317 e. The number of carbonyl (C=O) groups is 1. The van der Waals surface area contributed by atoms with E-state index in [1.54, 1.807) is 35.2 Å². The molecule has 2 aliphatic rings. The van der Waals surface area contributed by atoms with Gasteiger partial charge in [0.15, 0.2) is 0 Å². The number of likely N-dealkylation sites (tertiary alicyclic amines) is 1. The van der Waals surface area contributed by atoms with Gasteiger partial charge in [-0.15, -0.1) is 0 Å². The minimum Gasteiger partial charge on any atom is -0.391 e. The van der Waals surface area contributed by atoms with Crippen molar-refractivity contribution in [1.29, 1.82) is 0 Å². The van der Waals surface area contributed by atoms with Crippen molar-refractivity contribution in [2.75, 3.05) is 32.7 Å². The number of nitrogens with zero attached hydrogens (tertiary/aromatic N) is 2. The van der Waals surface area contributed by atoms with Gasteiger partial charge in [0, 0.05) is 32.7 Å². The molecule has 0 radical (unpaired) electrons. The molecule has 2 fully saturated rings. The Morgan fingerprint density at radius 3 is 2.46 bits per heavy atom. The van der Waals surface area contributed by atoms with E-state index in [0.717, 1.165) is 25.7 Å². The summed E-state index contributed by atoms with van der Waals surface area (Å²) in [6.07, 6.45) is 2.60. The van der Waals surface area contributed by atoms with E-state index < -0.39 is 16.1 Å². The molecule has 1 atom stereocenters. The lowest BCUT2D eigenvalue weighted by Gasteiger charge is -2.33. The van der Waals surface area contributed by atoms with Crippen molar-refractivity contribution in [3.8, 4) is 0 Å². The van der Waals surface area contributed by atoms with E-state index in [4.69, 9.17) is 0 Å². The van der Waals surface area contributed by atoms with Crippen molar-refractivity contribution in [3.63, 3.8) is 0 Å². The van der Waals surface area contributed by atoms with Crippen molar-refractivity contribution in [3.05, 3.63) is 30.3 Å². The lowest BCUT2D eigenvalue weighted by atomic mass is 9.98. The summed E-state index contributed by atoms with van der Waals surface area (Å²) in [4.78, 5) is 14.2. The topological polar surface area (TPSA) is 90.0 Å². The fourth-order valence-corrected chi connectivity index (χ4v) is 5.07. The minimum absolute atomic E-state index is 0.136. The zero-order valence-electron chi connectivity index (χ0n) is 14.9. The number of amides is 2. The molecule has 7 nitrogen and oxygen atoms in total. The Bertz CT molecular complexity index is 702. The van der Waals surface area contributed by atoms with Crippen molar-refractivity contribution < 1.29 is 18.3 Å². The summed E-state index contributed by atoms with van der Waals surface area (Å²) in [7, 11) is -3.43. The second-order valence-electron chi connectivity index (χ2n) is 7.09. The molecule has 0 aliphatic carbocycles. The largest absolute Gasteiger partial charge is 0.391 e. The molecule has 8 heteroatoms. The molecule has 1 aromatic carbocycles. The molecule has 144 valence electrons. The Hall–Kier alpha value is -1.64. The van der Waals surface area contributed by atoms with Crippen LogP contribution in [0, 0.1) is 5.92 Å². The van der Waals surface area contributed by atoms with Crippen LogP contribution in [0.25, 0.3) is 0 Å². The zero-order chi connectivity index (χ0) is 18.6. The molecule has 2 amide bonds. The van der Waals surface area contributed by atoms with Gasteiger partial charge in [-0.25, -0.2) is 13.2 Å². The highest BCUT2D eigenvalue weighted by Gasteiger charge is 2.30. The smallest absolute Gasteiger partial charge is 0.317 e. The van der Waals surface area contributed by atoms with Gasteiger partial charge >= 0.3 is 6.03 Å². The van der Waals surface area contributed by atoms with Crippen molar-refractivity contribution in [2.45, 2.75) is 36.7 Å². The number of carbonyl (C=O) groups excluding carboxylic acids is 1. The average molecular weight is 381 g/mol. The van der Waals surface area contributed by atoms with Crippen LogP contribution in [0.1, 0.15) is 25.7 Å². The van der Waals surface area contributed by atoms with Crippen LogP contribution in [0.3, 0.4) is 0 Å². The van der Waals surface area contributed by atoms with Crippen LogP contribution < -0.4 is 5.32 Å². The number of hydrogen-bond donors (Lipinski definition) is 2. The first kappa shape index (κ1) is 19.1. The maximum absolute atomic E-state index is 12.6. The van der Waals surface area contributed by atoms with Crippen LogP contribution in [-0.2, 0) is 10.0 Å². The zero-order valence-corrected chi connectivity index (χ0v) is 15.7. The number of urea groups is 1. The van der Waals surface area contributed by atoms with Gasteiger partial charge < -0.3 is 15.3 Å². The number of rotatable bonds is 4. The first-order valence-corrected chi connectivity index (χ1v) is 10.7. The van der Waals surface area contributed by atoms with Gasteiger partial charge in [0.25, 0.3) is 0 Å². The normalized spacial score (nSPS) is 23.0. The first-order chi connectivity index (χ1) is 12.5. The molecule has 26 heavy (non-hydrogen) atoms. The highest BCUT2D eigenvalue weighted by Crippen LogP contribution is 2.23. The summed E-state index contributed by atoms with van der Waals surface area (Å²) < 4.78 is 26.8. The van der Waals surface area contributed by atoms with Gasteiger partial charge in [-0.3, -0.25) is 0 Å². The lowest BCUT2D eigenvalue weighted by molar-refractivity contribution is 0.0837. The second-order valence-corrected chi connectivity index (χ2v) is 9.03. The van der Waals surface area contributed by atoms with Crippen LogP contribution in [0.2, 0.25) is 0 Å². The van der Waals surface area contributed by atoms with Gasteiger partial charge in [-0.1, -0.05) is 18.2 Å². The summed E-state index contributed by atoms with van der Waals surface area (Å²) in [6.45, 7) is 2.56. The van der Waals surface area contributed by atoms with Crippen LogP contribution in [-0.4, -0.2) is 67.6 Å². The van der Waals surface area contributed by atoms with E-state index >= 15 is 0 Å². The quantitative estimate of drug-likeness (QED) is 0.821. The highest BCUT2D eigenvalue weighted by molar-refractivity contribution is 7.89. The van der Waals surface area contributed by atoms with E-state index in [-0.39, 0.29) is 11.9 Å². The molecule has 0 aromatic heterocycles. The summed E-state index contributed by atoms with van der Waals surface area (Å²) in [5, 5.41) is 12.6. The van der Waals surface area contributed by atoms with Gasteiger partial charge in [0.2, 0.25) is 10.0 Å². The lowest BCUT2D eigenvalue weighted by Crippen LogP contribution is -2.49. The Morgan fingerprint density at radius 2 is 1.81 bits per heavy atom. The number of aliphatic hydroxyl groups is 1. The van der Waals surface area contributed by atoms with Gasteiger partial charge in [-0.2, -0.15) is 4.31 Å². The molecule has 3 rings (SSSR count). The van der Waals surface area contributed by atoms with Crippen LogP contribution in [0.5, 0.6) is 0 Å².